The Bertz CT molecular complexity index is 1310. The first kappa shape index (κ1) is 20.2. The number of nitrogens with one attached hydrogen (secondary N) is 2. The molecule has 0 aliphatic rings. The molecular formula is C24H21N3O4. The highest BCUT2D eigenvalue weighted by atomic mass is 16.5. The van der Waals surface area contributed by atoms with Gasteiger partial charge in [0.15, 0.2) is 0 Å². The zero-order valence-electron chi connectivity index (χ0n) is 16.7. The number of carbonyl (C=O) groups excluding carboxylic acids is 1. The summed E-state index contributed by atoms with van der Waals surface area (Å²) < 4.78 is 7.17. The molecule has 4 aromatic rings. The number of para-hydroxylation sites is 2. The van der Waals surface area contributed by atoms with Gasteiger partial charge in [-0.15, -0.1) is 0 Å². The average Bonchev–Trinajstić information content (AvgIpc) is 2.79. The normalized spacial score (nSPS) is 10.7. The quantitative estimate of drug-likeness (QED) is 0.485. The van der Waals surface area contributed by atoms with Gasteiger partial charge in [0.05, 0.1) is 10.9 Å². The number of H-pyrrole nitrogens is 1. The van der Waals surface area contributed by atoms with Crippen LogP contribution in [-0.2, 0) is 17.9 Å². The Morgan fingerprint density at radius 3 is 2.32 bits per heavy atom. The second-order valence-electron chi connectivity index (χ2n) is 7.01. The lowest BCUT2D eigenvalue weighted by molar-refractivity contribution is -0.121. The van der Waals surface area contributed by atoms with Gasteiger partial charge in [0.25, 0.3) is 5.56 Å². The Kier molecular flexibility index (Phi) is 5.93. The summed E-state index contributed by atoms with van der Waals surface area (Å²) in [6.45, 7) is 0.539. The summed E-state index contributed by atoms with van der Waals surface area (Å²) in [5, 5.41) is 3.27. The number of hydrogen-bond acceptors (Lipinski definition) is 4. The van der Waals surface area contributed by atoms with Crippen molar-refractivity contribution in [3.05, 3.63) is 105 Å². The van der Waals surface area contributed by atoms with Crippen molar-refractivity contribution in [1.29, 1.82) is 0 Å². The number of nitrogens with zero attached hydrogens (tertiary/aromatic N) is 1. The Labute approximate surface area is 177 Å². The van der Waals surface area contributed by atoms with E-state index >= 15 is 0 Å². The number of fused-ring (bicyclic) bond motifs is 1. The third-order valence-electron chi connectivity index (χ3n) is 4.86. The van der Waals surface area contributed by atoms with Gasteiger partial charge in [-0.3, -0.25) is 19.1 Å². The summed E-state index contributed by atoms with van der Waals surface area (Å²) in [6, 6.07) is 23.8. The van der Waals surface area contributed by atoms with E-state index in [2.05, 4.69) is 10.3 Å². The predicted molar refractivity (Wildman–Crippen MR) is 118 cm³/mol. The molecule has 1 amide bonds. The van der Waals surface area contributed by atoms with Crippen molar-refractivity contribution in [1.82, 2.24) is 14.9 Å². The summed E-state index contributed by atoms with van der Waals surface area (Å²) in [4.78, 5) is 38.7. The van der Waals surface area contributed by atoms with Crippen LogP contribution in [0.25, 0.3) is 10.9 Å². The van der Waals surface area contributed by atoms with Gasteiger partial charge in [0, 0.05) is 19.5 Å². The van der Waals surface area contributed by atoms with Crippen LogP contribution < -0.4 is 21.3 Å². The molecule has 0 fully saturated rings. The van der Waals surface area contributed by atoms with Gasteiger partial charge < -0.3 is 10.1 Å². The predicted octanol–water partition coefficient (Wildman–Crippen LogP) is 3.19. The molecule has 7 nitrogen and oxygen atoms in total. The minimum absolute atomic E-state index is 0.116. The molecule has 0 atom stereocenters. The SMILES string of the molecule is O=C(CCn1c(=O)[nH]c(=O)c2ccccc21)NCc1ccc(Oc2ccccc2)cc1. The molecule has 0 bridgehead atoms. The lowest BCUT2D eigenvalue weighted by Gasteiger charge is -2.10. The number of aromatic amines is 1. The molecule has 0 saturated heterocycles. The highest BCUT2D eigenvalue weighted by Crippen LogP contribution is 2.21. The maximum absolute atomic E-state index is 12.3. The maximum atomic E-state index is 12.3. The number of hydrogen-bond donors (Lipinski definition) is 2. The number of aryl methyl sites for hydroxylation is 1. The van der Waals surface area contributed by atoms with E-state index in [-0.39, 0.29) is 18.9 Å². The van der Waals surface area contributed by atoms with Crippen LogP contribution in [0.2, 0.25) is 0 Å². The van der Waals surface area contributed by atoms with Crippen molar-refractivity contribution in [2.75, 3.05) is 0 Å². The zero-order valence-corrected chi connectivity index (χ0v) is 16.7. The van der Waals surface area contributed by atoms with Crippen LogP contribution in [0.4, 0.5) is 0 Å². The fraction of sp³-hybridized carbons (Fsp3) is 0.125. The number of amides is 1. The van der Waals surface area contributed by atoms with E-state index in [0.29, 0.717) is 23.2 Å². The first-order valence-corrected chi connectivity index (χ1v) is 9.90. The van der Waals surface area contributed by atoms with Crippen LogP contribution in [0, 0.1) is 0 Å². The summed E-state index contributed by atoms with van der Waals surface area (Å²) >= 11 is 0. The van der Waals surface area contributed by atoms with Gasteiger partial charge in [-0.25, -0.2) is 4.79 Å². The van der Waals surface area contributed by atoms with E-state index in [0.717, 1.165) is 11.3 Å². The van der Waals surface area contributed by atoms with Crippen molar-refractivity contribution in [2.24, 2.45) is 0 Å². The number of aromatic nitrogens is 2. The van der Waals surface area contributed by atoms with E-state index in [1.807, 2.05) is 54.6 Å². The molecule has 3 aromatic carbocycles. The van der Waals surface area contributed by atoms with Crippen molar-refractivity contribution < 1.29 is 9.53 Å². The highest BCUT2D eigenvalue weighted by Gasteiger charge is 2.09. The number of benzene rings is 3. The van der Waals surface area contributed by atoms with Crippen LogP contribution in [0.15, 0.2) is 88.5 Å². The minimum Gasteiger partial charge on any atom is -0.457 e. The van der Waals surface area contributed by atoms with Crippen molar-refractivity contribution >= 4 is 16.8 Å². The van der Waals surface area contributed by atoms with E-state index in [9.17, 15) is 14.4 Å². The molecule has 0 aliphatic carbocycles. The molecule has 0 unspecified atom stereocenters. The third kappa shape index (κ3) is 4.90. The molecular weight excluding hydrogens is 394 g/mol. The second kappa shape index (κ2) is 9.13. The average molecular weight is 415 g/mol. The molecule has 0 saturated carbocycles. The van der Waals surface area contributed by atoms with E-state index in [1.165, 1.54) is 4.57 Å². The minimum atomic E-state index is -0.523. The lowest BCUT2D eigenvalue weighted by atomic mass is 10.2. The summed E-state index contributed by atoms with van der Waals surface area (Å²) in [5.74, 6) is 1.28. The lowest BCUT2D eigenvalue weighted by Crippen LogP contribution is -2.32. The highest BCUT2D eigenvalue weighted by molar-refractivity contribution is 5.78. The van der Waals surface area contributed by atoms with Crippen molar-refractivity contribution in [2.45, 2.75) is 19.5 Å². The molecule has 31 heavy (non-hydrogen) atoms. The van der Waals surface area contributed by atoms with Gasteiger partial charge in [-0.2, -0.15) is 0 Å². The van der Waals surface area contributed by atoms with E-state index < -0.39 is 11.2 Å². The fourth-order valence-corrected chi connectivity index (χ4v) is 3.27. The molecule has 0 aliphatic heterocycles. The first-order valence-electron chi connectivity index (χ1n) is 9.90. The van der Waals surface area contributed by atoms with Gasteiger partial charge in [-0.05, 0) is 42.0 Å². The third-order valence-corrected chi connectivity index (χ3v) is 4.86. The Hall–Kier alpha value is -4.13. The van der Waals surface area contributed by atoms with Crippen LogP contribution >= 0.6 is 0 Å². The van der Waals surface area contributed by atoms with E-state index in [1.54, 1.807) is 24.3 Å². The molecule has 1 heterocycles. The Morgan fingerprint density at radius 1 is 0.871 bits per heavy atom. The van der Waals surface area contributed by atoms with Crippen LogP contribution in [0.3, 0.4) is 0 Å². The van der Waals surface area contributed by atoms with Crippen molar-refractivity contribution in [3.63, 3.8) is 0 Å². The van der Waals surface area contributed by atoms with Crippen LogP contribution in [-0.4, -0.2) is 15.5 Å². The van der Waals surface area contributed by atoms with Crippen LogP contribution in [0.1, 0.15) is 12.0 Å². The van der Waals surface area contributed by atoms with Gasteiger partial charge in [0.1, 0.15) is 11.5 Å². The van der Waals surface area contributed by atoms with Gasteiger partial charge >= 0.3 is 5.69 Å². The van der Waals surface area contributed by atoms with E-state index in [4.69, 9.17) is 4.74 Å². The number of carbonyl (C=O) groups is 1. The molecule has 1 aromatic heterocycles. The summed E-state index contributed by atoms with van der Waals surface area (Å²) in [6.07, 6.45) is 0.116. The number of rotatable bonds is 7. The largest absolute Gasteiger partial charge is 0.457 e. The zero-order chi connectivity index (χ0) is 21.6. The topological polar surface area (TPSA) is 93.2 Å². The Balaban J connectivity index is 1.33. The monoisotopic (exact) mass is 415 g/mol. The Morgan fingerprint density at radius 2 is 1.55 bits per heavy atom. The van der Waals surface area contributed by atoms with Crippen LogP contribution in [0.5, 0.6) is 11.5 Å². The molecule has 7 heteroatoms. The first-order chi connectivity index (χ1) is 15.1. The van der Waals surface area contributed by atoms with Crippen molar-refractivity contribution in [3.8, 4) is 11.5 Å². The molecule has 0 spiro atoms. The number of ether oxygens (including phenoxy) is 1. The smallest absolute Gasteiger partial charge is 0.328 e. The fourth-order valence-electron chi connectivity index (χ4n) is 3.27. The molecule has 4 rings (SSSR count). The summed E-state index contributed by atoms with van der Waals surface area (Å²) in [5.41, 5.74) is 0.491. The standard InChI is InChI=1S/C24H21N3O4/c28-22(14-15-27-21-9-5-4-8-20(21)23(29)26-24(27)30)25-16-17-10-12-19(13-11-17)31-18-6-2-1-3-7-18/h1-13H,14-16H2,(H,25,28)(H,26,29,30). The molecule has 156 valence electrons. The second-order valence-corrected chi connectivity index (χ2v) is 7.01. The maximum Gasteiger partial charge on any atom is 0.328 e. The van der Waals surface area contributed by atoms with Gasteiger partial charge in [0.2, 0.25) is 5.91 Å². The molecule has 0 radical (unpaired) electrons. The van der Waals surface area contributed by atoms with Gasteiger partial charge in [-0.1, -0.05) is 42.5 Å². The summed E-state index contributed by atoms with van der Waals surface area (Å²) in [7, 11) is 0. The molecule has 2 N–H and O–H groups in total.